The minimum atomic E-state index is -0.455. The molecule has 10 aromatic carbocycles. The Kier molecular flexibility index (Phi) is 8.55. The zero-order valence-electron chi connectivity index (χ0n) is 34.8. The van der Waals surface area contributed by atoms with Crippen molar-refractivity contribution >= 4 is 80.1 Å². The highest BCUT2D eigenvalue weighted by atomic mass is 32.1. The molecule has 1 aliphatic carbocycles. The molecule has 13 rings (SSSR count). The average Bonchev–Trinajstić information content (AvgIpc) is 4.03. The maximum Gasteiger partial charge on any atom is 0.0713 e. The van der Waals surface area contributed by atoms with Crippen LogP contribution in [0.2, 0.25) is 0 Å². The lowest BCUT2D eigenvalue weighted by Gasteiger charge is -2.34. The van der Waals surface area contributed by atoms with E-state index in [0.29, 0.717) is 0 Å². The van der Waals surface area contributed by atoms with Crippen molar-refractivity contribution in [3.63, 3.8) is 0 Å². The molecular weight excluding hydrogens is 811 g/mol. The van der Waals surface area contributed by atoms with Gasteiger partial charge in [0, 0.05) is 57.4 Å². The quantitative estimate of drug-likeness (QED) is 0.154. The molecule has 0 fully saturated rings. The first kappa shape index (κ1) is 37.0. The highest BCUT2D eigenvalue weighted by Gasteiger charge is 2.46. The molecule has 0 amide bonds. The smallest absolute Gasteiger partial charge is 0.0713 e. The Morgan fingerprint density at radius 3 is 1.55 bits per heavy atom. The number of hydrogen-bond donors (Lipinski definition) is 0. The normalized spacial score (nSPS) is 12.8. The molecule has 0 spiro atoms. The van der Waals surface area contributed by atoms with E-state index in [1.807, 2.05) is 22.7 Å². The molecule has 1 aliphatic rings. The largest absolute Gasteiger partial charge is 0.310 e. The molecule has 2 heterocycles. The van der Waals surface area contributed by atoms with Crippen LogP contribution in [0.3, 0.4) is 0 Å². The molecule has 0 saturated carbocycles. The number of thiophene rings is 2. The Balaban J connectivity index is 0.969. The fourth-order valence-corrected chi connectivity index (χ4v) is 12.8. The minimum Gasteiger partial charge on any atom is -0.310 e. The van der Waals surface area contributed by atoms with E-state index in [1.54, 1.807) is 0 Å². The Hall–Kier alpha value is -7.56. The summed E-state index contributed by atoms with van der Waals surface area (Å²) in [7, 11) is 0. The molecule has 0 bridgehead atoms. The van der Waals surface area contributed by atoms with Crippen LogP contribution in [0.4, 0.5) is 17.1 Å². The first-order chi connectivity index (χ1) is 31.7. The van der Waals surface area contributed by atoms with E-state index in [2.05, 4.69) is 241 Å². The Morgan fingerprint density at radius 1 is 0.297 bits per heavy atom. The molecule has 0 aliphatic heterocycles. The summed E-state index contributed by atoms with van der Waals surface area (Å²) in [6.45, 7) is 0. The van der Waals surface area contributed by atoms with Gasteiger partial charge in [-0.3, -0.25) is 0 Å². The summed E-state index contributed by atoms with van der Waals surface area (Å²) in [5.41, 5.74) is 15.4. The summed E-state index contributed by atoms with van der Waals surface area (Å²) in [6.07, 6.45) is 0. The van der Waals surface area contributed by atoms with Gasteiger partial charge in [0.05, 0.1) is 5.41 Å². The highest BCUT2D eigenvalue weighted by molar-refractivity contribution is 7.26. The van der Waals surface area contributed by atoms with Gasteiger partial charge < -0.3 is 4.90 Å². The van der Waals surface area contributed by atoms with Gasteiger partial charge in [-0.2, -0.15) is 0 Å². The van der Waals surface area contributed by atoms with E-state index < -0.39 is 5.41 Å². The van der Waals surface area contributed by atoms with Gasteiger partial charge >= 0.3 is 0 Å². The monoisotopic (exact) mass is 849 g/mol. The van der Waals surface area contributed by atoms with Crippen molar-refractivity contribution < 1.29 is 0 Å². The molecule has 12 aromatic rings. The molecule has 3 heteroatoms. The van der Waals surface area contributed by atoms with Gasteiger partial charge in [-0.25, -0.2) is 0 Å². The van der Waals surface area contributed by atoms with Crippen molar-refractivity contribution in [2.75, 3.05) is 4.90 Å². The molecule has 0 unspecified atom stereocenters. The van der Waals surface area contributed by atoms with Crippen LogP contribution < -0.4 is 4.90 Å². The molecule has 0 atom stereocenters. The zero-order valence-corrected chi connectivity index (χ0v) is 36.4. The van der Waals surface area contributed by atoms with Crippen LogP contribution in [0.15, 0.2) is 237 Å². The summed E-state index contributed by atoms with van der Waals surface area (Å²) in [5.74, 6) is 0. The van der Waals surface area contributed by atoms with Gasteiger partial charge in [-0.05, 0) is 116 Å². The Morgan fingerprint density at radius 2 is 0.812 bits per heavy atom. The first-order valence-corrected chi connectivity index (χ1v) is 23.5. The molecule has 2 aromatic heterocycles. The Bertz CT molecular complexity index is 3670. The van der Waals surface area contributed by atoms with Crippen LogP contribution >= 0.6 is 22.7 Å². The summed E-state index contributed by atoms with van der Waals surface area (Å²) >= 11 is 3.74. The number of anilines is 3. The van der Waals surface area contributed by atoms with Gasteiger partial charge in [-0.15, -0.1) is 22.7 Å². The third kappa shape index (κ3) is 5.68. The van der Waals surface area contributed by atoms with Crippen LogP contribution in [0.25, 0.3) is 73.7 Å². The minimum absolute atomic E-state index is 0.455. The first-order valence-electron chi connectivity index (χ1n) is 21.9. The van der Waals surface area contributed by atoms with Crippen LogP contribution in [0.5, 0.6) is 0 Å². The van der Waals surface area contributed by atoms with E-state index in [4.69, 9.17) is 0 Å². The SMILES string of the molecule is c1ccc(C2(c3ccccc3)c3ccccc3-c3cc(N(c4ccc(-c5ccc6c(c5)sc5ccccc56)cc4)c4ccc(-c5cccc6sc7ccccc7c56)cc4)ccc32)cc1. The predicted octanol–water partition coefficient (Wildman–Crippen LogP) is 17.6. The summed E-state index contributed by atoms with van der Waals surface area (Å²) in [6, 6.07) is 87.7. The lowest BCUT2D eigenvalue weighted by Crippen LogP contribution is -2.28. The second-order valence-electron chi connectivity index (χ2n) is 16.8. The van der Waals surface area contributed by atoms with Gasteiger partial charge in [-0.1, -0.05) is 176 Å². The van der Waals surface area contributed by atoms with Crippen molar-refractivity contribution in [2.45, 2.75) is 5.41 Å². The lowest BCUT2D eigenvalue weighted by atomic mass is 9.68. The number of rotatable bonds is 7. The third-order valence-corrected chi connectivity index (χ3v) is 15.6. The maximum atomic E-state index is 2.43. The van der Waals surface area contributed by atoms with E-state index in [1.165, 1.54) is 96.0 Å². The van der Waals surface area contributed by atoms with Crippen molar-refractivity contribution in [3.05, 3.63) is 259 Å². The van der Waals surface area contributed by atoms with E-state index in [-0.39, 0.29) is 0 Å². The van der Waals surface area contributed by atoms with Gasteiger partial charge in [0.25, 0.3) is 0 Å². The third-order valence-electron chi connectivity index (χ3n) is 13.4. The van der Waals surface area contributed by atoms with Gasteiger partial charge in [0.2, 0.25) is 0 Å². The molecule has 300 valence electrons. The molecule has 1 nitrogen and oxygen atoms in total. The number of hydrogen-bond acceptors (Lipinski definition) is 3. The van der Waals surface area contributed by atoms with Crippen molar-refractivity contribution in [3.8, 4) is 33.4 Å². The zero-order chi connectivity index (χ0) is 42.2. The Labute approximate surface area is 380 Å². The summed E-state index contributed by atoms with van der Waals surface area (Å²) < 4.78 is 5.28. The van der Waals surface area contributed by atoms with Crippen molar-refractivity contribution in [1.29, 1.82) is 0 Å². The highest BCUT2D eigenvalue weighted by Crippen LogP contribution is 2.57. The summed E-state index contributed by atoms with van der Waals surface area (Å²) in [5, 5.41) is 5.29. The fraction of sp³-hybridized carbons (Fsp3) is 0.0164. The second kappa shape index (κ2) is 14.8. The van der Waals surface area contributed by atoms with Crippen molar-refractivity contribution in [2.24, 2.45) is 0 Å². The van der Waals surface area contributed by atoms with E-state index >= 15 is 0 Å². The standard InChI is InChI=1S/C61H39NS2/c1-3-14-43(15-4-1)61(44-16-5-2-6-17-44)54-22-10-7-18-49(54)53-39-47(35-37-55(53)61)62(45-31-26-40(27-32-45)42-30-36-51-50-19-8-11-23-56(50)64-59(51)38-42)46-33-28-41(29-34-46)48-21-13-25-58-60(48)52-20-9-12-24-57(52)63-58/h1-39H. The molecule has 0 radical (unpaired) electrons. The van der Waals surface area contributed by atoms with Crippen LogP contribution in [-0.2, 0) is 5.41 Å². The maximum absolute atomic E-state index is 2.43. The molecule has 0 saturated heterocycles. The van der Waals surface area contributed by atoms with Crippen LogP contribution in [0.1, 0.15) is 22.3 Å². The topological polar surface area (TPSA) is 3.24 Å². The lowest BCUT2D eigenvalue weighted by molar-refractivity contribution is 0.768. The number of nitrogens with zero attached hydrogens (tertiary/aromatic N) is 1. The fourth-order valence-electron chi connectivity index (χ4n) is 10.5. The molecule has 0 N–H and O–H groups in total. The van der Waals surface area contributed by atoms with Crippen LogP contribution in [0, 0.1) is 0 Å². The predicted molar refractivity (Wildman–Crippen MR) is 275 cm³/mol. The molecular formula is C61H39NS2. The molecule has 64 heavy (non-hydrogen) atoms. The average molecular weight is 850 g/mol. The van der Waals surface area contributed by atoms with Gasteiger partial charge in [0.15, 0.2) is 0 Å². The number of fused-ring (bicyclic) bond motifs is 9. The van der Waals surface area contributed by atoms with E-state index in [9.17, 15) is 0 Å². The number of benzene rings is 10. The van der Waals surface area contributed by atoms with Gasteiger partial charge in [0.1, 0.15) is 0 Å². The van der Waals surface area contributed by atoms with Crippen LogP contribution in [-0.4, -0.2) is 0 Å². The van der Waals surface area contributed by atoms with E-state index in [0.717, 1.165) is 17.1 Å². The van der Waals surface area contributed by atoms with Crippen molar-refractivity contribution in [1.82, 2.24) is 0 Å². The summed E-state index contributed by atoms with van der Waals surface area (Å²) in [4.78, 5) is 2.43. The second-order valence-corrected chi connectivity index (χ2v) is 18.9.